The highest BCUT2D eigenvalue weighted by molar-refractivity contribution is 6.31. The maximum Gasteiger partial charge on any atom is 0.234 e. The number of amides is 1. The average molecular weight is 315 g/mol. The number of amidine groups is 1. The molecule has 116 valence electrons. The molecule has 0 saturated carbocycles. The van der Waals surface area contributed by atoms with Gasteiger partial charge in [0.05, 0.1) is 13.2 Å². The fraction of sp³-hybridized carbons (Fsp3) is 0.385. The van der Waals surface area contributed by atoms with Gasteiger partial charge >= 0.3 is 0 Å². The molecule has 1 amide bonds. The molecule has 7 nitrogen and oxygen atoms in total. The molecule has 0 aliphatic carbocycles. The predicted octanol–water partition coefficient (Wildman–Crippen LogP) is 0.287. The predicted molar refractivity (Wildman–Crippen MR) is 80.6 cm³/mol. The highest BCUT2D eigenvalue weighted by Gasteiger charge is 2.06. The number of nitrogens with two attached hydrogens (primary N) is 1. The zero-order valence-electron chi connectivity index (χ0n) is 11.7. The standard InChI is InChI=1S/C13H19ClN4O3/c1-21-5-4-17-12(19)8-16-7-10-3-2-9(6-11(10)14)13(15)18-20/h2-3,6,16,20H,4-5,7-8H2,1H3,(H2,15,18)(H,17,19). The number of benzene rings is 1. The number of oxime groups is 1. The van der Waals surface area contributed by atoms with Gasteiger partial charge in [0.2, 0.25) is 5.91 Å². The van der Waals surface area contributed by atoms with E-state index in [-0.39, 0.29) is 18.3 Å². The molecule has 0 fully saturated rings. The minimum absolute atomic E-state index is 0.00562. The quantitative estimate of drug-likeness (QED) is 0.181. The van der Waals surface area contributed by atoms with Crippen LogP contribution in [0.25, 0.3) is 0 Å². The molecule has 21 heavy (non-hydrogen) atoms. The van der Waals surface area contributed by atoms with Crippen molar-refractivity contribution in [1.82, 2.24) is 10.6 Å². The largest absolute Gasteiger partial charge is 0.409 e. The van der Waals surface area contributed by atoms with E-state index in [1.54, 1.807) is 25.3 Å². The number of ether oxygens (including phenoxy) is 1. The van der Waals surface area contributed by atoms with Gasteiger partial charge in [-0.1, -0.05) is 28.9 Å². The number of nitrogens with zero attached hydrogens (tertiary/aromatic N) is 1. The number of hydrogen-bond acceptors (Lipinski definition) is 5. The molecular formula is C13H19ClN4O3. The molecule has 0 aromatic heterocycles. The summed E-state index contributed by atoms with van der Waals surface area (Å²) < 4.78 is 4.83. The summed E-state index contributed by atoms with van der Waals surface area (Å²) in [6, 6.07) is 5.05. The van der Waals surface area contributed by atoms with E-state index in [1.807, 2.05) is 0 Å². The molecule has 5 N–H and O–H groups in total. The van der Waals surface area contributed by atoms with Gasteiger partial charge in [0.1, 0.15) is 0 Å². The zero-order valence-corrected chi connectivity index (χ0v) is 12.5. The van der Waals surface area contributed by atoms with Crippen molar-refractivity contribution in [2.75, 3.05) is 26.8 Å². The summed E-state index contributed by atoms with van der Waals surface area (Å²) >= 11 is 6.10. The van der Waals surface area contributed by atoms with Gasteiger partial charge in [-0.2, -0.15) is 0 Å². The van der Waals surface area contributed by atoms with Crippen LogP contribution in [0.1, 0.15) is 11.1 Å². The van der Waals surface area contributed by atoms with E-state index in [4.69, 9.17) is 27.3 Å². The van der Waals surface area contributed by atoms with Crippen LogP contribution >= 0.6 is 11.6 Å². The van der Waals surface area contributed by atoms with Gasteiger partial charge in [0.15, 0.2) is 5.84 Å². The number of methoxy groups -OCH3 is 1. The summed E-state index contributed by atoms with van der Waals surface area (Å²) in [5, 5.41) is 17.7. The van der Waals surface area contributed by atoms with Crippen molar-refractivity contribution in [2.45, 2.75) is 6.54 Å². The maximum atomic E-state index is 11.5. The number of hydrogen-bond donors (Lipinski definition) is 4. The van der Waals surface area contributed by atoms with Gasteiger partial charge in [-0.25, -0.2) is 0 Å². The van der Waals surface area contributed by atoms with E-state index in [0.717, 1.165) is 5.56 Å². The fourth-order valence-electron chi connectivity index (χ4n) is 1.57. The van der Waals surface area contributed by atoms with Crippen LogP contribution in [0.4, 0.5) is 0 Å². The van der Waals surface area contributed by atoms with E-state index >= 15 is 0 Å². The van der Waals surface area contributed by atoms with E-state index in [2.05, 4.69) is 15.8 Å². The topological polar surface area (TPSA) is 109 Å². The van der Waals surface area contributed by atoms with Gasteiger partial charge in [0, 0.05) is 30.8 Å². The summed E-state index contributed by atoms with van der Waals surface area (Å²) in [5.74, 6) is -0.120. The minimum atomic E-state index is -0.114. The smallest absolute Gasteiger partial charge is 0.234 e. The number of rotatable bonds is 8. The summed E-state index contributed by atoms with van der Waals surface area (Å²) in [4.78, 5) is 11.5. The third-order valence-corrected chi connectivity index (χ3v) is 3.04. The molecule has 8 heteroatoms. The average Bonchev–Trinajstić information content (AvgIpc) is 2.48. The molecule has 1 aromatic rings. The number of halogens is 1. The second-order valence-corrected chi connectivity index (χ2v) is 4.64. The second-order valence-electron chi connectivity index (χ2n) is 4.24. The number of carbonyl (C=O) groups excluding carboxylic acids is 1. The Hall–Kier alpha value is -1.83. The lowest BCUT2D eigenvalue weighted by molar-refractivity contribution is -0.120. The van der Waals surface area contributed by atoms with Crippen molar-refractivity contribution in [1.29, 1.82) is 0 Å². The Bertz CT molecular complexity index is 508. The van der Waals surface area contributed by atoms with Crippen molar-refractivity contribution in [2.24, 2.45) is 10.9 Å². The molecular weight excluding hydrogens is 296 g/mol. The monoisotopic (exact) mass is 314 g/mol. The van der Waals surface area contributed by atoms with Crippen LogP contribution in [-0.4, -0.2) is 43.8 Å². The summed E-state index contributed by atoms with van der Waals surface area (Å²) in [6.45, 7) is 1.58. The van der Waals surface area contributed by atoms with Crippen LogP contribution in [0, 0.1) is 0 Å². The lowest BCUT2D eigenvalue weighted by Crippen LogP contribution is -2.35. The molecule has 1 aromatic carbocycles. The van der Waals surface area contributed by atoms with Crippen LogP contribution in [0.2, 0.25) is 5.02 Å². The molecule has 0 bridgehead atoms. The second kappa shape index (κ2) is 9.17. The van der Waals surface area contributed by atoms with Crippen molar-refractivity contribution >= 4 is 23.3 Å². The molecule has 0 heterocycles. The van der Waals surface area contributed by atoms with Crippen LogP contribution in [-0.2, 0) is 16.1 Å². The molecule has 0 atom stereocenters. The molecule has 0 saturated heterocycles. The Morgan fingerprint density at radius 1 is 1.52 bits per heavy atom. The third-order valence-electron chi connectivity index (χ3n) is 2.69. The molecule has 0 aliphatic rings. The molecule has 0 unspecified atom stereocenters. The van der Waals surface area contributed by atoms with Crippen molar-refractivity contribution in [3.63, 3.8) is 0 Å². The van der Waals surface area contributed by atoms with E-state index in [1.165, 1.54) is 0 Å². The van der Waals surface area contributed by atoms with E-state index in [0.29, 0.717) is 30.3 Å². The Morgan fingerprint density at radius 3 is 2.90 bits per heavy atom. The zero-order chi connectivity index (χ0) is 15.7. The first kappa shape index (κ1) is 17.2. The van der Waals surface area contributed by atoms with Crippen LogP contribution < -0.4 is 16.4 Å². The summed E-state index contributed by atoms with van der Waals surface area (Å²) in [7, 11) is 1.57. The Kier molecular flexibility index (Phi) is 7.52. The highest BCUT2D eigenvalue weighted by atomic mass is 35.5. The minimum Gasteiger partial charge on any atom is -0.409 e. The first-order chi connectivity index (χ1) is 10.1. The summed E-state index contributed by atoms with van der Waals surface area (Å²) in [6.07, 6.45) is 0. The van der Waals surface area contributed by atoms with Crippen LogP contribution in [0.5, 0.6) is 0 Å². The van der Waals surface area contributed by atoms with Crippen molar-refractivity contribution < 1.29 is 14.7 Å². The number of nitrogens with one attached hydrogen (secondary N) is 2. The Labute approximate surface area is 128 Å². The lowest BCUT2D eigenvalue weighted by atomic mass is 10.1. The molecule has 0 aliphatic heterocycles. The van der Waals surface area contributed by atoms with Gasteiger partial charge in [-0.3, -0.25) is 4.79 Å². The van der Waals surface area contributed by atoms with Gasteiger partial charge in [-0.15, -0.1) is 0 Å². The first-order valence-electron chi connectivity index (χ1n) is 6.31. The van der Waals surface area contributed by atoms with Crippen LogP contribution in [0.15, 0.2) is 23.4 Å². The van der Waals surface area contributed by atoms with E-state index < -0.39 is 0 Å². The SMILES string of the molecule is COCCNC(=O)CNCc1ccc(/C(N)=N/O)cc1Cl. The fourth-order valence-corrected chi connectivity index (χ4v) is 1.82. The third kappa shape index (κ3) is 5.99. The maximum absolute atomic E-state index is 11.5. The van der Waals surface area contributed by atoms with Gasteiger partial charge in [-0.05, 0) is 11.6 Å². The van der Waals surface area contributed by atoms with Crippen LogP contribution in [0.3, 0.4) is 0 Å². The van der Waals surface area contributed by atoms with Gasteiger partial charge in [0.25, 0.3) is 0 Å². The normalized spacial score (nSPS) is 11.4. The Morgan fingerprint density at radius 2 is 2.29 bits per heavy atom. The number of carbonyl (C=O) groups is 1. The summed E-state index contributed by atoms with van der Waals surface area (Å²) in [5.41, 5.74) is 6.82. The Balaban J connectivity index is 2.44. The van der Waals surface area contributed by atoms with E-state index in [9.17, 15) is 4.79 Å². The highest BCUT2D eigenvalue weighted by Crippen LogP contribution is 2.17. The van der Waals surface area contributed by atoms with Crippen molar-refractivity contribution in [3.05, 3.63) is 34.3 Å². The molecule has 0 radical (unpaired) electrons. The lowest BCUT2D eigenvalue weighted by Gasteiger charge is -2.09. The van der Waals surface area contributed by atoms with Crippen molar-refractivity contribution in [3.8, 4) is 0 Å². The molecule has 1 rings (SSSR count). The first-order valence-corrected chi connectivity index (χ1v) is 6.69. The van der Waals surface area contributed by atoms with Gasteiger partial charge < -0.3 is 26.3 Å². The molecule has 0 spiro atoms.